The first-order valence-electron chi connectivity index (χ1n) is 11.7. The van der Waals surface area contributed by atoms with Crippen LogP contribution in [0.3, 0.4) is 0 Å². The minimum Gasteiger partial charge on any atom is -0.497 e. The molecule has 0 saturated heterocycles. The molecule has 0 fully saturated rings. The number of rotatable bonds is 11. The van der Waals surface area contributed by atoms with Gasteiger partial charge in [0.2, 0.25) is 15.9 Å². The van der Waals surface area contributed by atoms with Gasteiger partial charge in [0.05, 0.1) is 18.6 Å². The number of carbonyl (C=O) groups excluding carboxylic acids is 1. The first kappa shape index (κ1) is 25.9. The third-order valence-electron chi connectivity index (χ3n) is 5.61. The molecule has 0 aliphatic rings. The summed E-state index contributed by atoms with van der Waals surface area (Å²) >= 11 is 0. The number of nitrogens with zero attached hydrogens (tertiary/aromatic N) is 1. The lowest BCUT2D eigenvalue weighted by atomic mass is 10.2. The molecule has 1 amide bonds. The van der Waals surface area contributed by atoms with Crippen LogP contribution in [0.1, 0.15) is 11.1 Å². The van der Waals surface area contributed by atoms with Crippen molar-refractivity contribution in [1.29, 1.82) is 0 Å². The van der Waals surface area contributed by atoms with E-state index in [1.165, 1.54) is 19.2 Å². The van der Waals surface area contributed by atoms with E-state index in [9.17, 15) is 13.2 Å². The Morgan fingerprint density at radius 3 is 1.92 bits per heavy atom. The molecule has 37 heavy (non-hydrogen) atoms. The van der Waals surface area contributed by atoms with E-state index in [0.717, 1.165) is 15.4 Å². The summed E-state index contributed by atoms with van der Waals surface area (Å²) < 4.78 is 39.0. The molecule has 4 aromatic rings. The Bertz CT molecular complexity index is 1390. The zero-order chi connectivity index (χ0) is 26.1. The van der Waals surface area contributed by atoms with Crippen molar-refractivity contribution in [3.05, 3.63) is 120 Å². The maximum absolute atomic E-state index is 13.4. The number of ether oxygens (including phenoxy) is 2. The van der Waals surface area contributed by atoms with Gasteiger partial charge in [-0.2, -0.15) is 4.31 Å². The predicted octanol–water partition coefficient (Wildman–Crippen LogP) is 5.10. The fraction of sp³-hybridized carbons (Fsp3) is 0.138. The summed E-state index contributed by atoms with van der Waals surface area (Å²) in [6.07, 6.45) is 0. The van der Waals surface area contributed by atoms with E-state index >= 15 is 0 Å². The maximum atomic E-state index is 13.4. The molecule has 0 aromatic heterocycles. The van der Waals surface area contributed by atoms with Crippen molar-refractivity contribution in [1.82, 2.24) is 4.31 Å². The van der Waals surface area contributed by atoms with Gasteiger partial charge in [-0.05, 0) is 59.7 Å². The van der Waals surface area contributed by atoms with Gasteiger partial charge in [0.25, 0.3) is 0 Å². The van der Waals surface area contributed by atoms with Crippen LogP contribution < -0.4 is 14.8 Å². The lowest BCUT2D eigenvalue weighted by Gasteiger charge is -2.22. The number of carbonyl (C=O) groups is 1. The average Bonchev–Trinajstić information content (AvgIpc) is 2.93. The van der Waals surface area contributed by atoms with Crippen LogP contribution in [-0.4, -0.2) is 32.3 Å². The molecule has 0 aliphatic carbocycles. The van der Waals surface area contributed by atoms with Crippen LogP contribution in [-0.2, 0) is 28.0 Å². The molecule has 7 nitrogen and oxygen atoms in total. The maximum Gasteiger partial charge on any atom is 0.243 e. The Morgan fingerprint density at radius 1 is 0.757 bits per heavy atom. The Balaban J connectivity index is 1.44. The molecule has 190 valence electrons. The van der Waals surface area contributed by atoms with Crippen LogP contribution in [0.2, 0.25) is 0 Å². The van der Waals surface area contributed by atoms with Crippen LogP contribution in [0.15, 0.2) is 114 Å². The molecular weight excluding hydrogens is 488 g/mol. The summed E-state index contributed by atoms with van der Waals surface area (Å²) in [6.45, 7) is 0.134. The van der Waals surface area contributed by atoms with Crippen molar-refractivity contribution in [2.75, 3.05) is 19.0 Å². The SMILES string of the molecule is COc1ccc(S(=O)(=O)N(CC(=O)Nc2ccc(OCc3ccccc3)cc2)Cc2ccccc2)cc1. The number of amides is 1. The van der Waals surface area contributed by atoms with E-state index in [4.69, 9.17) is 9.47 Å². The number of hydrogen-bond donors (Lipinski definition) is 1. The standard InChI is InChI=1S/C29H28N2O5S/c1-35-26-16-18-28(19-17-26)37(33,34)31(20-23-8-4-2-5-9-23)21-29(32)30-25-12-14-27(15-13-25)36-22-24-10-6-3-7-11-24/h2-19H,20-22H2,1H3,(H,30,32). The molecule has 0 radical (unpaired) electrons. The van der Waals surface area contributed by atoms with Gasteiger partial charge >= 0.3 is 0 Å². The first-order valence-corrected chi connectivity index (χ1v) is 13.1. The van der Waals surface area contributed by atoms with Gasteiger partial charge in [-0.1, -0.05) is 60.7 Å². The second-order valence-corrected chi connectivity index (χ2v) is 10.2. The summed E-state index contributed by atoms with van der Waals surface area (Å²) in [5.41, 5.74) is 2.36. The van der Waals surface area contributed by atoms with E-state index in [2.05, 4.69) is 5.32 Å². The molecule has 0 unspecified atom stereocenters. The number of nitrogens with one attached hydrogen (secondary N) is 1. The van der Waals surface area contributed by atoms with Crippen molar-refractivity contribution in [3.8, 4) is 11.5 Å². The Labute approximate surface area is 217 Å². The molecule has 0 saturated carbocycles. The van der Waals surface area contributed by atoms with Gasteiger partial charge in [-0.15, -0.1) is 0 Å². The lowest BCUT2D eigenvalue weighted by Crippen LogP contribution is -2.37. The van der Waals surface area contributed by atoms with E-state index in [0.29, 0.717) is 23.8 Å². The smallest absolute Gasteiger partial charge is 0.243 e. The van der Waals surface area contributed by atoms with E-state index < -0.39 is 15.9 Å². The third-order valence-corrected chi connectivity index (χ3v) is 7.41. The number of hydrogen-bond acceptors (Lipinski definition) is 5. The van der Waals surface area contributed by atoms with Crippen molar-refractivity contribution in [2.45, 2.75) is 18.0 Å². The highest BCUT2D eigenvalue weighted by Gasteiger charge is 2.27. The monoisotopic (exact) mass is 516 g/mol. The van der Waals surface area contributed by atoms with Crippen molar-refractivity contribution < 1.29 is 22.7 Å². The molecule has 0 spiro atoms. The van der Waals surface area contributed by atoms with Gasteiger partial charge in [-0.3, -0.25) is 4.79 Å². The van der Waals surface area contributed by atoms with Crippen LogP contribution in [0, 0.1) is 0 Å². The normalized spacial score (nSPS) is 11.2. The first-order chi connectivity index (χ1) is 17.9. The topological polar surface area (TPSA) is 84.9 Å². The number of sulfonamides is 1. The molecule has 8 heteroatoms. The lowest BCUT2D eigenvalue weighted by molar-refractivity contribution is -0.116. The second-order valence-electron chi connectivity index (χ2n) is 8.28. The molecule has 0 heterocycles. The van der Waals surface area contributed by atoms with Crippen molar-refractivity contribution in [3.63, 3.8) is 0 Å². The van der Waals surface area contributed by atoms with Gasteiger partial charge < -0.3 is 14.8 Å². The Kier molecular flexibility index (Phi) is 8.56. The molecule has 1 N–H and O–H groups in total. The molecule has 4 aromatic carbocycles. The zero-order valence-electron chi connectivity index (χ0n) is 20.4. The van der Waals surface area contributed by atoms with Crippen LogP contribution >= 0.6 is 0 Å². The van der Waals surface area contributed by atoms with E-state index in [1.54, 1.807) is 36.4 Å². The van der Waals surface area contributed by atoms with Gasteiger partial charge in [0, 0.05) is 12.2 Å². The summed E-state index contributed by atoms with van der Waals surface area (Å²) in [4.78, 5) is 13.0. The van der Waals surface area contributed by atoms with Gasteiger partial charge in [0.1, 0.15) is 18.1 Å². The minimum atomic E-state index is -3.96. The van der Waals surface area contributed by atoms with Crippen molar-refractivity contribution >= 4 is 21.6 Å². The highest BCUT2D eigenvalue weighted by Crippen LogP contribution is 2.22. The summed E-state index contributed by atoms with van der Waals surface area (Å²) in [6, 6.07) is 32.0. The van der Waals surface area contributed by atoms with E-state index in [-0.39, 0.29) is 18.0 Å². The zero-order valence-corrected chi connectivity index (χ0v) is 21.2. The summed E-state index contributed by atoms with van der Waals surface area (Å²) in [5, 5.41) is 2.78. The minimum absolute atomic E-state index is 0.0505. The fourth-order valence-electron chi connectivity index (χ4n) is 3.65. The average molecular weight is 517 g/mol. The molecule has 0 aliphatic heterocycles. The molecule has 0 bridgehead atoms. The molecule has 4 rings (SSSR count). The number of methoxy groups -OCH3 is 1. The summed E-state index contributed by atoms with van der Waals surface area (Å²) in [7, 11) is -2.44. The number of anilines is 1. The summed E-state index contributed by atoms with van der Waals surface area (Å²) in [5.74, 6) is 0.753. The molecule has 0 atom stereocenters. The predicted molar refractivity (Wildman–Crippen MR) is 143 cm³/mol. The van der Waals surface area contributed by atoms with Gasteiger partial charge in [0.15, 0.2) is 0 Å². The highest BCUT2D eigenvalue weighted by atomic mass is 32.2. The Hall–Kier alpha value is -4.14. The third kappa shape index (κ3) is 7.19. The van der Waals surface area contributed by atoms with Crippen LogP contribution in [0.4, 0.5) is 5.69 Å². The highest BCUT2D eigenvalue weighted by molar-refractivity contribution is 7.89. The van der Waals surface area contributed by atoms with E-state index in [1.807, 2.05) is 60.7 Å². The number of benzene rings is 4. The van der Waals surface area contributed by atoms with Crippen LogP contribution in [0.5, 0.6) is 11.5 Å². The van der Waals surface area contributed by atoms with Crippen molar-refractivity contribution in [2.24, 2.45) is 0 Å². The van der Waals surface area contributed by atoms with Crippen LogP contribution in [0.25, 0.3) is 0 Å². The Morgan fingerprint density at radius 2 is 1.32 bits per heavy atom. The fourth-order valence-corrected chi connectivity index (χ4v) is 5.03. The largest absolute Gasteiger partial charge is 0.497 e. The van der Waals surface area contributed by atoms with Gasteiger partial charge in [-0.25, -0.2) is 8.42 Å². The second kappa shape index (κ2) is 12.2. The quantitative estimate of drug-likeness (QED) is 0.300. The molecular formula is C29H28N2O5S.